The highest BCUT2D eigenvalue weighted by molar-refractivity contribution is 6.42. The molecule has 1 aromatic carbocycles. The van der Waals surface area contributed by atoms with Crippen LogP contribution in [0.4, 0.5) is 5.69 Å². The molecule has 1 saturated heterocycles. The van der Waals surface area contributed by atoms with Crippen molar-refractivity contribution in [1.29, 1.82) is 0 Å². The number of amides is 1. The first-order chi connectivity index (χ1) is 9.86. The number of hydrogen-bond acceptors (Lipinski definition) is 3. The van der Waals surface area contributed by atoms with Crippen LogP contribution in [0, 0.1) is 5.92 Å². The van der Waals surface area contributed by atoms with E-state index in [-0.39, 0.29) is 24.4 Å². The van der Waals surface area contributed by atoms with Gasteiger partial charge in [0.05, 0.1) is 22.3 Å². The molecule has 0 saturated carbocycles. The maximum Gasteiger partial charge on any atom is 0.238 e. The number of piperidine rings is 1. The Labute approximate surface area is 151 Å². The lowest BCUT2D eigenvalue weighted by Crippen LogP contribution is -2.48. The lowest BCUT2D eigenvalue weighted by molar-refractivity contribution is -0.117. The quantitative estimate of drug-likeness (QED) is 0.832. The Kier molecular flexibility index (Phi) is 7.72. The molecule has 22 heavy (non-hydrogen) atoms. The third-order valence-electron chi connectivity index (χ3n) is 3.69. The second-order valence-electron chi connectivity index (χ2n) is 5.46. The van der Waals surface area contributed by atoms with E-state index < -0.39 is 0 Å². The van der Waals surface area contributed by atoms with Crippen LogP contribution in [0.3, 0.4) is 0 Å². The van der Waals surface area contributed by atoms with Crippen LogP contribution in [0.2, 0.25) is 15.1 Å². The first-order valence-corrected chi connectivity index (χ1v) is 7.92. The Hall–Kier alpha value is -0.230. The molecule has 4 nitrogen and oxygen atoms in total. The van der Waals surface area contributed by atoms with Crippen molar-refractivity contribution in [1.82, 2.24) is 4.90 Å². The molecule has 0 aliphatic carbocycles. The third-order valence-corrected chi connectivity index (χ3v) is 4.51. The van der Waals surface area contributed by atoms with E-state index in [0.29, 0.717) is 33.2 Å². The van der Waals surface area contributed by atoms with Gasteiger partial charge in [-0.2, -0.15) is 0 Å². The molecule has 1 amide bonds. The highest BCUT2D eigenvalue weighted by Crippen LogP contribution is 2.33. The monoisotopic (exact) mass is 385 g/mol. The second-order valence-corrected chi connectivity index (χ2v) is 6.71. The van der Waals surface area contributed by atoms with Crippen LogP contribution >= 0.6 is 47.2 Å². The maximum atomic E-state index is 12.1. The predicted molar refractivity (Wildman–Crippen MR) is 95.5 cm³/mol. The SMILES string of the molecule is CC1CN(CC(=O)Nc2c(Cl)cc(Cl)cc2Cl)CCC1N.Cl. The Bertz CT molecular complexity index is 518. The average Bonchev–Trinajstić information content (AvgIpc) is 2.38. The Morgan fingerprint density at radius 3 is 2.50 bits per heavy atom. The van der Waals surface area contributed by atoms with E-state index in [1.54, 1.807) is 12.1 Å². The Morgan fingerprint density at radius 2 is 1.95 bits per heavy atom. The summed E-state index contributed by atoms with van der Waals surface area (Å²) in [6, 6.07) is 3.31. The molecule has 0 spiro atoms. The predicted octanol–water partition coefficient (Wildman–Crippen LogP) is 3.68. The molecule has 0 radical (unpaired) electrons. The zero-order valence-electron chi connectivity index (χ0n) is 12.1. The van der Waals surface area contributed by atoms with Crippen molar-refractivity contribution in [3.63, 3.8) is 0 Å². The van der Waals surface area contributed by atoms with E-state index in [1.807, 2.05) is 0 Å². The van der Waals surface area contributed by atoms with Crippen LogP contribution in [0.25, 0.3) is 0 Å². The van der Waals surface area contributed by atoms with Gasteiger partial charge in [-0.1, -0.05) is 41.7 Å². The van der Waals surface area contributed by atoms with Crippen LogP contribution in [0.1, 0.15) is 13.3 Å². The van der Waals surface area contributed by atoms with E-state index >= 15 is 0 Å². The van der Waals surface area contributed by atoms with Crippen molar-refractivity contribution in [3.8, 4) is 0 Å². The van der Waals surface area contributed by atoms with Gasteiger partial charge < -0.3 is 11.1 Å². The van der Waals surface area contributed by atoms with Crippen molar-refractivity contribution in [2.24, 2.45) is 11.7 Å². The van der Waals surface area contributed by atoms with Crippen LogP contribution in [0.15, 0.2) is 12.1 Å². The molecule has 2 rings (SSSR count). The summed E-state index contributed by atoms with van der Waals surface area (Å²) in [7, 11) is 0. The summed E-state index contributed by atoms with van der Waals surface area (Å²) in [6.07, 6.45) is 0.900. The molecule has 1 aromatic rings. The van der Waals surface area contributed by atoms with Gasteiger partial charge in [-0.3, -0.25) is 9.69 Å². The van der Waals surface area contributed by atoms with Gasteiger partial charge in [0.25, 0.3) is 0 Å². The van der Waals surface area contributed by atoms with Gasteiger partial charge in [-0.05, 0) is 24.5 Å². The minimum Gasteiger partial charge on any atom is -0.327 e. The number of benzene rings is 1. The average molecular weight is 387 g/mol. The highest BCUT2D eigenvalue weighted by atomic mass is 35.5. The molecule has 1 aliphatic heterocycles. The van der Waals surface area contributed by atoms with Crippen LogP contribution < -0.4 is 11.1 Å². The first-order valence-electron chi connectivity index (χ1n) is 6.79. The van der Waals surface area contributed by atoms with Crippen molar-refractivity contribution < 1.29 is 4.79 Å². The van der Waals surface area contributed by atoms with Gasteiger partial charge in [0, 0.05) is 24.2 Å². The number of hydrogen-bond donors (Lipinski definition) is 2. The van der Waals surface area contributed by atoms with E-state index in [9.17, 15) is 4.79 Å². The number of nitrogens with one attached hydrogen (secondary N) is 1. The smallest absolute Gasteiger partial charge is 0.238 e. The van der Waals surface area contributed by atoms with Crippen LogP contribution in [-0.2, 0) is 4.79 Å². The first kappa shape index (κ1) is 19.8. The molecule has 124 valence electrons. The highest BCUT2D eigenvalue weighted by Gasteiger charge is 2.24. The summed E-state index contributed by atoms with van der Waals surface area (Å²) in [5.41, 5.74) is 6.37. The van der Waals surface area contributed by atoms with Gasteiger partial charge >= 0.3 is 0 Å². The lowest BCUT2D eigenvalue weighted by atomic mass is 9.95. The molecular formula is C14H19Cl4N3O. The summed E-state index contributed by atoms with van der Waals surface area (Å²) in [6.45, 7) is 4.03. The molecule has 8 heteroatoms. The van der Waals surface area contributed by atoms with Gasteiger partial charge in [0.15, 0.2) is 0 Å². The van der Waals surface area contributed by atoms with Gasteiger partial charge in [0.1, 0.15) is 0 Å². The Balaban J connectivity index is 0.00000242. The van der Waals surface area contributed by atoms with Crippen LogP contribution in [-0.4, -0.2) is 36.5 Å². The summed E-state index contributed by atoms with van der Waals surface area (Å²) in [5, 5.41) is 3.83. The molecule has 1 fully saturated rings. The molecule has 1 heterocycles. The normalized spacial score (nSPS) is 22.0. The molecule has 1 aliphatic rings. The number of likely N-dealkylation sites (tertiary alicyclic amines) is 1. The topological polar surface area (TPSA) is 58.4 Å². The van der Waals surface area contributed by atoms with Gasteiger partial charge in [0.2, 0.25) is 5.91 Å². The fraction of sp³-hybridized carbons (Fsp3) is 0.500. The largest absolute Gasteiger partial charge is 0.327 e. The summed E-state index contributed by atoms with van der Waals surface area (Å²) < 4.78 is 0. The number of nitrogens with zero attached hydrogens (tertiary/aromatic N) is 1. The zero-order chi connectivity index (χ0) is 15.6. The van der Waals surface area contributed by atoms with Gasteiger partial charge in [-0.15, -0.1) is 12.4 Å². The zero-order valence-corrected chi connectivity index (χ0v) is 15.2. The standard InChI is InChI=1S/C14H18Cl3N3O.ClH/c1-8-6-20(3-2-12(8)18)7-13(21)19-14-10(16)4-9(15)5-11(14)17;/h4-5,8,12H,2-3,6-7,18H2,1H3,(H,19,21);1H. The number of nitrogens with two attached hydrogens (primary N) is 1. The molecule has 0 aromatic heterocycles. The van der Waals surface area contributed by atoms with E-state index in [2.05, 4.69) is 17.1 Å². The fourth-order valence-corrected chi connectivity index (χ4v) is 3.35. The summed E-state index contributed by atoms with van der Waals surface area (Å²) >= 11 is 17.9. The third kappa shape index (κ3) is 5.15. The minimum absolute atomic E-state index is 0. The van der Waals surface area contributed by atoms with E-state index in [4.69, 9.17) is 40.5 Å². The number of carbonyl (C=O) groups excluding carboxylic acids is 1. The summed E-state index contributed by atoms with van der Waals surface area (Å²) in [5.74, 6) is 0.234. The fourth-order valence-electron chi connectivity index (χ4n) is 2.44. The number of anilines is 1. The van der Waals surface area contributed by atoms with Crippen LogP contribution in [0.5, 0.6) is 0 Å². The van der Waals surface area contributed by atoms with E-state index in [1.165, 1.54) is 0 Å². The molecule has 3 N–H and O–H groups in total. The molecule has 0 bridgehead atoms. The number of rotatable bonds is 3. The molecule has 2 atom stereocenters. The minimum atomic E-state index is -0.149. The molecule has 2 unspecified atom stereocenters. The summed E-state index contributed by atoms with van der Waals surface area (Å²) in [4.78, 5) is 14.2. The van der Waals surface area contributed by atoms with Crippen molar-refractivity contribution in [2.75, 3.05) is 25.0 Å². The van der Waals surface area contributed by atoms with Crippen molar-refractivity contribution in [2.45, 2.75) is 19.4 Å². The number of carbonyl (C=O) groups is 1. The number of halogens is 4. The molecular weight excluding hydrogens is 368 g/mol. The van der Waals surface area contributed by atoms with Crippen molar-refractivity contribution in [3.05, 3.63) is 27.2 Å². The Morgan fingerprint density at radius 1 is 1.36 bits per heavy atom. The van der Waals surface area contributed by atoms with Crippen molar-refractivity contribution >= 4 is 58.8 Å². The second kappa shape index (κ2) is 8.57. The van der Waals surface area contributed by atoms with E-state index in [0.717, 1.165) is 19.5 Å². The van der Waals surface area contributed by atoms with Gasteiger partial charge in [-0.25, -0.2) is 0 Å². The lowest BCUT2D eigenvalue weighted by Gasteiger charge is -2.34. The maximum absolute atomic E-state index is 12.1.